The number of pyridine rings is 1. The predicted molar refractivity (Wildman–Crippen MR) is 126 cm³/mol. The van der Waals surface area contributed by atoms with Crippen molar-refractivity contribution in [2.45, 2.75) is 25.4 Å². The fourth-order valence-corrected chi connectivity index (χ4v) is 4.55. The van der Waals surface area contributed by atoms with Crippen LogP contribution in [0.5, 0.6) is 0 Å². The molecule has 6 heteroatoms. The highest BCUT2D eigenvalue weighted by atomic mass is 32.1. The number of nitrogens with one attached hydrogen (secondary N) is 1. The van der Waals surface area contributed by atoms with Crippen molar-refractivity contribution in [3.8, 4) is 5.69 Å². The number of benzene rings is 1. The van der Waals surface area contributed by atoms with Crippen molar-refractivity contribution in [1.29, 1.82) is 0 Å². The molecule has 0 radical (unpaired) electrons. The minimum atomic E-state index is 0.00993. The first-order valence-electron chi connectivity index (χ1n) is 10.4. The highest BCUT2D eigenvalue weighted by molar-refractivity contribution is 7.80. The maximum Gasteiger partial charge on any atom is 0.170 e. The van der Waals surface area contributed by atoms with Gasteiger partial charge >= 0.3 is 0 Å². The van der Waals surface area contributed by atoms with Gasteiger partial charge in [0, 0.05) is 30.3 Å². The van der Waals surface area contributed by atoms with Crippen molar-refractivity contribution in [2.75, 3.05) is 27.2 Å². The zero-order valence-corrected chi connectivity index (χ0v) is 18.6. The summed E-state index contributed by atoms with van der Waals surface area (Å²) in [7, 11) is 4.22. The maximum atomic E-state index is 5.80. The molecule has 0 amide bonds. The first-order chi connectivity index (χ1) is 14.6. The van der Waals surface area contributed by atoms with Crippen LogP contribution in [-0.4, -0.2) is 51.6 Å². The van der Waals surface area contributed by atoms with E-state index in [1.807, 2.05) is 18.3 Å². The second kappa shape index (κ2) is 8.98. The van der Waals surface area contributed by atoms with Crippen LogP contribution in [0, 0.1) is 6.92 Å². The van der Waals surface area contributed by atoms with Gasteiger partial charge in [0.1, 0.15) is 0 Å². The fourth-order valence-electron chi connectivity index (χ4n) is 4.21. The van der Waals surface area contributed by atoms with Crippen LogP contribution in [0.15, 0.2) is 67.0 Å². The molecule has 1 saturated heterocycles. The zero-order chi connectivity index (χ0) is 21.1. The highest BCUT2D eigenvalue weighted by Gasteiger charge is 2.41. The third kappa shape index (κ3) is 4.11. The third-order valence-electron chi connectivity index (χ3n) is 5.66. The molecule has 1 aromatic carbocycles. The summed E-state index contributed by atoms with van der Waals surface area (Å²) in [6.07, 6.45) is 5.05. The molecule has 0 unspecified atom stereocenters. The van der Waals surface area contributed by atoms with Crippen LogP contribution in [-0.2, 0) is 0 Å². The summed E-state index contributed by atoms with van der Waals surface area (Å²) in [6.45, 7) is 4.08. The van der Waals surface area contributed by atoms with Gasteiger partial charge in [-0.3, -0.25) is 4.98 Å². The second-order valence-electron chi connectivity index (χ2n) is 8.07. The molecule has 5 nitrogen and oxygen atoms in total. The second-order valence-corrected chi connectivity index (χ2v) is 8.45. The Hall–Kier alpha value is -2.70. The molecule has 3 aromatic rings. The summed E-state index contributed by atoms with van der Waals surface area (Å²) in [5, 5.41) is 4.36. The van der Waals surface area contributed by atoms with Gasteiger partial charge in [0.15, 0.2) is 5.11 Å². The van der Waals surface area contributed by atoms with Gasteiger partial charge in [-0.1, -0.05) is 24.3 Å². The number of hydrogen-bond acceptors (Lipinski definition) is 3. The monoisotopic (exact) mass is 419 g/mol. The third-order valence-corrected chi connectivity index (χ3v) is 6.01. The maximum absolute atomic E-state index is 5.80. The fraction of sp³-hybridized carbons (Fsp3) is 0.333. The number of aromatic nitrogens is 2. The Bertz CT molecular complexity index is 998. The summed E-state index contributed by atoms with van der Waals surface area (Å²) in [4.78, 5) is 9.20. The Morgan fingerprint density at radius 3 is 2.60 bits per heavy atom. The Balaban J connectivity index is 1.75. The lowest BCUT2D eigenvalue weighted by Gasteiger charge is -2.29. The topological polar surface area (TPSA) is 36.3 Å². The Morgan fingerprint density at radius 2 is 1.87 bits per heavy atom. The zero-order valence-electron chi connectivity index (χ0n) is 17.8. The van der Waals surface area contributed by atoms with Gasteiger partial charge in [-0.25, -0.2) is 0 Å². The van der Waals surface area contributed by atoms with E-state index in [-0.39, 0.29) is 12.1 Å². The smallest absolute Gasteiger partial charge is 0.170 e. The van der Waals surface area contributed by atoms with Gasteiger partial charge in [-0.2, -0.15) is 0 Å². The van der Waals surface area contributed by atoms with Crippen LogP contribution in [0.4, 0.5) is 0 Å². The van der Waals surface area contributed by atoms with Crippen molar-refractivity contribution >= 4 is 17.3 Å². The number of hydrogen-bond donors (Lipinski definition) is 1. The summed E-state index contributed by atoms with van der Waals surface area (Å²) in [6, 6.07) is 19.0. The quantitative estimate of drug-likeness (QED) is 0.584. The van der Waals surface area contributed by atoms with E-state index < -0.39 is 0 Å². The molecule has 0 aliphatic carbocycles. The Kier molecular flexibility index (Phi) is 6.16. The predicted octanol–water partition coefficient (Wildman–Crippen LogP) is 4.10. The molecule has 0 spiro atoms. The Morgan fingerprint density at radius 1 is 1.07 bits per heavy atom. The summed E-state index contributed by atoms with van der Waals surface area (Å²) < 4.78 is 2.30. The van der Waals surface area contributed by atoms with Crippen LogP contribution < -0.4 is 5.32 Å². The minimum Gasteiger partial charge on any atom is -0.352 e. The van der Waals surface area contributed by atoms with Crippen LogP contribution in [0.2, 0.25) is 0 Å². The number of para-hydroxylation sites is 1. The average molecular weight is 420 g/mol. The molecule has 2 atom stereocenters. The molecule has 0 saturated carbocycles. The number of aryl methyl sites for hydroxylation is 1. The molecule has 3 heterocycles. The molecule has 1 fully saturated rings. The summed E-state index contributed by atoms with van der Waals surface area (Å²) >= 11 is 5.80. The number of nitrogens with zero attached hydrogens (tertiary/aromatic N) is 4. The van der Waals surface area contributed by atoms with Crippen LogP contribution >= 0.6 is 12.2 Å². The highest BCUT2D eigenvalue weighted by Crippen LogP contribution is 2.39. The van der Waals surface area contributed by atoms with Crippen LogP contribution in [0.3, 0.4) is 0 Å². The first kappa shape index (κ1) is 20.6. The molecule has 1 aliphatic heterocycles. The van der Waals surface area contributed by atoms with E-state index in [1.165, 1.54) is 16.9 Å². The van der Waals surface area contributed by atoms with Crippen molar-refractivity contribution in [3.05, 3.63) is 83.9 Å². The van der Waals surface area contributed by atoms with Gasteiger partial charge < -0.3 is 19.7 Å². The molecule has 1 N–H and O–H groups in total. The van der Waals surface area contributed by atoms with Gasteiger partial charge in [0.05, 0.1) is 17.8 Å². The molecular weight excluding hydrogens is 390 g/mol. The molecule has 1 aliphatic rings. The lowest BCUT2D eigenvalue weighted by molar-refractivity contribution is 0.286. The molecule has 156 valence electrons. The van der Waals surface area contributed by atoms with Gasteiger partial charge in [0.25, 0.3) is 0 Å². The molecular formula is C24H29N5S. The standard InChI is InChI=1S/C24H29N5S/c1-18-10-4-5-12-20(18)28-16-8-13-21(28)23-22(19-11-6-7-14-25-19)26-24(30)29(23)17-9-15-27(2)3/h4-8,10-14,16,22-23H,9,15,17H2,1-3H3,(H,26,30)/t22-,23+/m1/s1. The normalized spacial score (nSPS) is 18.8. The van der Waals surface area contributed by atoms with E-state index in [4.69, 9.17) is 12.2 Å². The van der Waals surface area contributed by atoms with E-state index in [1.54, 1.807) is 0 Å². The molecule has 30 heavy (non-hydrogen) atoms. The lowest BCUT2D eigenvalue weighted by atomic mass is 10.0. The van der Waals surface area contributed by atoms with Gasteiger partial charge in [-0.05, 0) is 82.1 Å². The van der Waals surface area contributed by atoms with Crippen molar-refractivity contribution in [3.63, 3.8) is 0 Å². The Labute approximate surface area is 184 Å². The summed E-state index contributed by atoms with van der Waals surface area (Å²) in [5.41, 5.74) is 4.68. The van der Waals surface area contributed by atoms with E-state index in [0.717, 1.165) is 30.3 Å². The summed E-state index contributed by atoms with van der Waals surface area (Å²) in [5.74, 6) is 0. The number of thiocarbonyl (C=S) groups is 1. The van der Waals surface area contributed by atoms with Gasteiger partial charge in [0.2, 0.25) is 0 Å². The van der Waals surface area contributed by atoms with Gasteiger partial charge in [-0.15, -0.1) is 0 Å². The molecule has 2 aromatic heterocycles. The SMILES string of the molecule is Cc1ccccc1-n1cccc1[C@H]1[C@@H](c2ccccn2)NC(=S)N1CCCN(C)C. The van der Waals surface area contributed by atoms with E-state index in [9.17, 15) is 0 Å². The van der Waals surface area contributed by atoms with Crippen molar-refractivity contribution in [2.24, 2.45) is 0 Å². The number of rotatable bonds is 7. The van der Waals surface area contributed by atoms with Crippen molar-refractivity contribution in [1.82, 2.24) is 24.7 Å². The molecule has 4 rings (SSSR count). The molecule has 0 bridgehead atoms. The first-order valence-corrected chi connectivity index (χ1v) is 10.8. The van der Waals surface area contributed by atoms with Crippen molar-refractivity contribution < 1.29 is 0 Å². The van der Waals surface area contributed by atoms with E-state index in [2.05, 4.69) is 94.3 Å². The van der Waals surface area contributed by atoms with E-state index in [0.29, 0.717) is 0 Å². The van der Waals surface area contributed by atoms with E-state index >= 15 is 0 Å². The minimum absolute atomic E-state index is 0.00993. The van der Waals surface area contributed by atoms with Crippen LogP contribution in [0.1, 0.15) is 35.5 Å². The lowest BCUT2D eigenvalue weighted by Crippen LogP contribution is -2.33. The largest absolute Gasteiger partial charge is 0.352 e. The van der Waals surface area contributed by atoms with Crippen LogP contribution in [0.25, 0.3) is 5.69 Å². The average Bonchev–Trinajstić information content (AvgIpc) is 3.33.